The minimum absolute atomic E-state index is 0.00425. The topological polar surface area (TPSA) is 93.7 Å². The van der Waals surface area contributed by atoms with E-state index in [0.717, 1.165) is 5.56 Å². The third kappa shape index (κ3) is 5.49. The highest BCUT2D eigenvalue weighted by atomic mass is 32.2. The maximum Gasteiger partial charge on any atom is 0.244 e. The van der Waals surface area contributed by atoms with Gasteiger partial charge in [0.1, 0.15) is 10.6 Å². The third-order valence-corrected chi connectivity index (χ3v) is 4.70. The molecule has 0 spiro atoms. The van der Waals surface area contributed by atoms with Crippen molar-refractivity contribution in [3.63, 3.8) is 0 Å². The van der Waals surface area contributed by atoms with E-state index < -0.39 is 22.0 Å². The van der Waals surface area contributed by atoms with Gasteiger partial charge in [0, 0.05) is 13.2 Å². The van der Waals surface area contributed by atoms with Gasteiger partial charge in [-0.05, 0) is 38.5 Å². The predicted octanol–water partition coefficient (Wildman–Crippen LogP) is 0.822. The van der Waals surface area contributed by atoms with Gasteiger partial charge in [0.15, 0.2) is 0 Å². The summed E-state index contributed by atoms with van der Waals surface area (Å²) < 4.78 is 37.4. The minimum atomic E-state index is -3.88. The molecule has 1 amide bonds. The number of carbonyl (C=O) groups is 1. The molecule has 0 heterocycles. The monoisotopic (exact) mass is 344 g/mol. The van der Waals surface area contributed by atoms with Crippen LogP contribution in [0.5, 0.6) is 5.75 Å². The molecule has 1 aromatic rings. The highest BCUT2D eigenvalue weighted by molar-refractivity contribution is 7.89. The minimum Gasteiger partial charge on any atom is -0.495 e. The van der Waals surface area contributed by atoms with Crippen LogP contribution in [0.3, 0.4) is 0 Å². The van der Waals surface area contributed by atoms with Crippen molar-refractivity contribution < 1.29 is 22.7 Å². The van der Waals surface area contributed by atoms with Crippen LogP contribution in [-0.2, 0) is 19.6 Å². The van der Waals surface area contributed by atoms with Crippen LogP contribution in [0.25, 0.3) is 0 Å². The summed E-state index contributed by atoms with van der Waals surface area (Å²) in [5, 5.41) is 2.67. The van der Waals surface area contributed by atoms with Crippen molar-refractivity contribution in [2.75, 3.05) is 20.8 Å². The molecule has 0 aromatic heterocycles. The first-order valence-corrected chi connectivity index (χ1v) is 8.66. The van der Waals surface area contributed by atoms with Crippen LogP contribution >= 0.6 is 0 Å². The number of amides is 1. The van der Waals surface area contributed by atoms with Gasteiger partial charge < -0.3 is 14.8 Å². The van der Waals surface area contributed by atoms with Crippen LogP contribution < -0.4 is 14.8 Å². The number of hydrogen-bond donors (Lipinski definition) is 2. The normalized spacial score (nSPS) is 14.1. The first kappa shape index (κ1) is 19.4. The highest BCUT2D eigenvalue weighted by Gasteiger charge is 2.25. The maximum absolute atomic E-state index is 12.5. The molecule has 1 aromatic carbocycles. The summed E-state index contributed by atoms with van der Waals surface area (Å²) in [6.07, 6.45) is 0. The van der Waals surface area contributed by atoms with Gasteiger partial charge in [0.25, 0.3) is 0 Å². The van der Waals surface area contributed by atoms with Crippen molar-refractivity contribution in [3.05, 3.63) is 23.8 Å². The van der Waals surface area contributed by atoms with Crippen LogP contribution in [0.15, 0.2) is 23.1 Å². The Bertz CT molecular complexity index is 645. The molecule has 2 atom stereocenters. The van der Waals surface area contributed by atoms with Crippen LogP contribution in [0, 0.1) is 6.92 Å². The van der Waals surface area contributed by atoms with Gasteiger partial charge >= 0.3 is 0 Å². The molecule has 23 heavy (non-hydrogen) atoms. The average Bonchev–Trinajstić information content (AvgIpc) is 2.46. The molecule has 0 aliphatic rings. The van der Waals surface area contributed by atoms with Gasteiger partial charge in [-0.3, -0.25) is 4.79 Å². The van der Waals surface area contributed by atoms with Crippen molar-refractivity contribution in [2.24, 2.45) is 0 Å². The van der Waals surface area contributed by atoms with E-state index in [-0.39, 0.29) is 16.7 Å². The first-order valence-electron chi connectivity index (χ1n) is 7.17. The Morgan fingerprint density at radius 3 is 2.48 bits per heavy atom. The summed E-state index contributed by atoms with van der Waals surface area (Å²) in [6, 6.07) is 3.69. The lowest BCUT2D eigenvalue weighted by molar-refractivity contribution is -0.123. The molecule has 2 N–H and O–H groups in total. The largest absolute Gasteiger partial charge is 0.495 e. The fourth-order valence-electron chi connectivity index (χ4n) is 2.00. The second-order valence-electron chi connectivity index (χ2n) is 5.36. The Hall–Kier alpha value is -1.64. The summed E-state index contributed by atoms with van der Waals surface area (Å²) >= 11 is 0. The number of ether oxygens (including phenoxy) is 2. The lowest BCUT2D eigenvalue weighted by Gasteiger charge is -2.19. The molecule has 130 valence electrons. The number of carbonyl (C=O) groups excluding carboxylic acids is 1. The number of rotatable bonds is 8. The summed E-state index contributed by atoms with van der Waals surface area (Å²) in [7, 11) is -0.963. The molecular formula is C15H24N2O5S. The van der Waals surface area contributed by atoms with Crippen molar-refractivity contribution in [2.45, 2.75) is 37.8 Å². The zero-order chi connectivity index (χ0) is 17.6. The second kappa shape index (κ2) is 8.28. The molecular weight excluding hydrogens is 320 g/mol. The number of benzene rings is 1. The van der Waals surface area contributed by atoms with E-state index in [0.29, 0.717) is 6.61 Å². The summed E-state index contributed by atoms with van der Waals surface area (Å²) in [6.45, 7) is 5.37. The predicted molar refractivity (Wildman–Crippen MR) is 87.0 cm³/mol. The number of nitrogens with one attached hydrogen (secondary N) is 2. The molecule has 0 saturated carbocycles. The summed E-state index contributed by atoms with van der Waals surface area (Å²) in [5.41, 5.74) is 0.775. The average molecular weight is 344 g/mol. The van der Waals surface area contributed by atoms with Crippen LogP contribution in [0.1, 0.15) is 19.4 Å². The van der Waals surface area contributed by atoms with Gasteiger partial charge in [-0.1, -0.05) is 6.07 Å². The Morgan fingerprint density at radius 1 is 1.26 bits per heavy atom. The van der Waals surface area contributed by atoms with Gasteiger partial charge in [-0.25, -0.2) is 8.42 Å². The van der Waals surface area contributed by atoms with E-state index in [2.05, 4.69) is 10.0 Å². The summed E-state index contributed by atoms with van der Waals surface area (Å²) in [5.74, 6) is -0.201. The molecule has 1 rings (SSSR count). The van der Waals surface area contributed by atoms with E-state index in [1.165, 1.54) is 27.2 Å². The third-order valence-electron chi connectivity index (χ3n) is 3.14. The molecule has 0 unspecified atom stereocenters. The van der Waals surface area contributed by atoms with Crippen LogP contribution in [0.4, 0.5) is 0 Å². The van der Waals surface area contributed by atoms with Crippen LogP contribution in [-0.4, -0.2) is 47.2 Å². The van der Waals surface area contributed by atoms with Crippen molar-refractivity contribution in [1.82, 2.24) is 10.0 Å². The van der Waals surface area contributed by atoms with E-state index in [9.17, 15) is 13.2 Å². The molecule has 7 nitrogen and oxygen atoms in total. The van der Waals surface area contributed by atoms with E-state index in [4.69, 9.17) is 9.47 Å². The smallest absolute Gasteiger partial charge is 0.244 e. The zero-order valence-electron chi connectivity index (χ0n) is 14.0. The molecule has 0 fully saturated rings. The fourth-order valence-corrected chi connectivity index (χ4v) is 3.46. The number of sulfonamides is 1. The molecule has 0 radical (unpaired) electrons. The molecule has 0 bridgehead atoms. The van der Waals surface area contributed by atoms with E-state index >= 15 is 0 Å². The molecule has 0 aliphatic carbocycles. The Kier molecular flexibility index (Phi) is 6.99. The van der Waals surface area contributed by atoms with E-state index in [1.807, 2.05) is 0 Å². The van der Waals surface area contributed by atoms with Gasteiger partial charge in [-0.2, -0.15) is 4.72 Å². The quantitative estimate of drug-likeness (QED) is 0.728. The number of hydrogen-bond acceptors (Lipinski definition) is 5. The van der Waals surface area contributed by atoms with E-state index in [1.54, 1.807) is 26.0 Å². The maximum atomic E-state index is 12.5. The highest BCUT2D eigenvalue weighted by Crippen LogP contribution is 2.24. The lowest BCUT2D eigenvalue weighted by atomic mass is 10.2. The van der Waals surface area contributed by atoms with Gasteiger partial charge in [0.2, 0.25) is 15.9 Å². The molecule has 8 heteroatoms. The fraction of sp³-hybridized carbons (Fsp3) is 0.533. The van der Waals surface area contributed by atoms with Crippen molar-refractivity contribution in [3.8, 4) is 5.75 Å². The lowest BCUT2D eigenvalue weighted by Crippen LogP contribution is -2.48. The molecule has 0 aliphatic heterocycles. The van der Waals surface area contributed by atoms with Crippen molar-refractivity contribution >= 4 is 15.9 Å². The molecule has 0 saturated heterocycles. The van der Waals surface area contributed by atoms with Crippen LogP contribution in [0.2, 0.25) is 0 Å². The first-order chi connectivity index (χ1) is 10.7. The Morgan fingerprint density at radius 2 is 1.91 bits per heavy atom. The summed E-state index contributed by atoms with van der Waals surface area (Å²) in [4.78, 5) is 12.0. The standard InChI is InChI=1S/C15H24N2O5S/c1-10-6-7-13(22-5)14(8-10)23(19,20)17-12(3)15(18)16-11(2)9-21-4/h6-8,11-12,17H,9H2,1-5H3,(H,16,18)/t11-,12+/m0/s1. The van der Waals surface area contributed by atoms with Gasteiger partial charge in [0.05, 0.1) is 19.8 Å². The van der Waals surface area contributed by atoms with Gasteiger partial charge in [-0.15, -0.1) is 0 Å². The Labute approximate surface area is 137 Å². The number of methoxy groups -OCH3 is 2. The van der Waals surface area contributed by atoms with Crippen molar-refractivity contribution in [1.29, 1.82) is 0 Å². The Balaban J connectivity index is 2.90. The second-order valence-corrected chi connectivity index (χ2v) is 7.04. The SMILES string of the molecule is COC[C@H](C)NC(=O)[C@@H](C)NS(=O)(=O)c1cc(C)ccc1OC. The zero-order valence-corrected chi connectivity index (χ0v) is 14.9. The number of aryl methyl sites for hydroxylation is 1.